The Balaban J connectivity index is 2.04. The number of aryl methyl sites for hydroxylation is 1. The Morgan fingerprint density at radius 3 is 2.55 bits per heavy atom. The van der Waals surface area contributed by atoms with Crippen LogP contribution >= 0.6 is 23.2 Å². The molecule has 20 heavy (non-hydrogen) atoms. The van der Waals surface area contributed by atoms with Crippen molar-refractivity contribution in [1.29, 1.82) is 0 Å². The Kier molecular flexibility index (Phi) is 4.46. The number of anilines is 1. The van der Waals surface area contributed by atoms with Gasteiger partial charge in [0.1, 0.15) is 0 Å². The van der Waals surface area contributed by atoms with Crippen LogP contribution in [0.5, 0.6) is 0 Å². The molecule has 0 unspecified atom stereocenters. The van der Waals surface area contributed by atoms with Crippen molar-refractivity contribution >= 4 is 34.6 Å². The number of nitro groups is 1. The molecule has 8 heteroatoms. The van der Waals surface area contributed by atoms with E-state index in [-0.39, 0.29) is 15.7 Å². The molecule has 0 atom stereocenters. The van der Waals surface area contributed by atoms with Crippen LogP contribution in [-0.2, 0) is 13.5 Å². The van der Waals surface area contributed by atoms with E-state index in [9.17, 15) is 10.1 Å². The summed E-state index contributed by atoms with van der Waals surface area (Å²) in [6.07, 6.45) is 2.56. The highest BCUT2D eigenvalue weighted by atomic mass is 35.5. The normalized spacial score (nSPS) is 10.6. The van der Waals surface area contributed by atoms with Crippen LogP contribution in [0.1, 0.15) is 5.69 Å². The number of non-ortho nitro benzene ring substituents is 1. The van der Waals surface area contributed by atoms with Crippen molar-refractivity contribution in [2.75, 3.05) is 11.9 Å². The van der Waals surface area contributed by atoms with Gasteiger partial charge in [-0.1, -0.05) is 23.2 Å². The summed E-state index contributed by atoms with van der Waals surface area (Å²) in [5.41, 5.74) is 1.30. The van der Waals surface area contributed by atoms with Crippen molar-refractivity contribution in [2.24, 2.45) is 7.05 Å². The quantitative estimate of drug-likeness (QED) is 0.679. The predicted molar refractivity (Wildman–Crippen MR) is 78.5 cm³/mol. The van der Waals surface area contributed by atoms with E-state index in [1.807, 2.05) is 19.3 Å². The molecular formula is C12H12Cl2N4O2. The van der Waals surface area contributed by atoms with E-state index in [4.69, 9.17) is 23.2 Å². The van der Waals surface area contributed by atoms with Gasteiger partial charge in [0.05, 0.1) is 26.3 Å². The molecule has 2 rings (SSSR count). The molecular weight excluding hydrogens is 303 g/mol. The van der Waals surface area contributed by atoms with Gasteiger partial charge in [-0.3, -0.25) is 14.8 Å². The lowest BCUT2D eigenvalue weighted by atomic mass is 10.2. The lowest BCUT2D eigenvalue weighted by Crippen LogP contribution is -2.07. The van der Waals surface area contributed by atoms with Gasteiger partial charge < -0.3 is 5.32 Å². The number of nitrogens with zero attached hydrogens (tertiary/aromatic N) is 3. The van der Waals surface area contributed by atoms with Gasteiger partial charge in [0.25, 0.3) is 5.69 Å². The van der Waals surface area contributed by atoms with Gasteiger partial charge in [0, 0.05) is 38.3 Å². The van der Waals surface area contributed by atoms with E-state index < -0.39 is 4.92 Å². The lowest BCUT2D eigenvalue weighted by molar-refractivity contribution is -0.384. The van der Waals surface area contributed by atoms with E-state index in [2.05, 4.69) is 10.4 Å². The summed E-state index contributed by atoms with van der Waals surface area (Å²) in [5.74, 6) is 0. The molecule has 0 bridgehead atoms. The number of hydrogen-bond donors (Lipinski definition) is 1. The molecule has 0 aliphatic carbocycles. The average molecular weight is 315 g/mol. The Hall–Kier alpha value is -1.79. The highest BCUT2D eigenvalue weighted by Crippen LogP contribution is 2.34. The third kappa shape index (κ3) is 3.40. The maximum Gasteiger partial charge on any atom is 0.272 e. The summed E-state index contributed by atoms with van der Waals surface area (Å²) in [5, 5.41) is 18.4. The molecule has 2 aromatic rings. The van der Waals surface area contributed by atoms with Gasteiger partial charge >= 0.3 is 0 Å². The highest BCUT2D eigenvalue weighted by Gasteiger charge is 2.14. The standard InChI is InChI=1S/C12H12Cl2N4O2/c1-17-5-3-8(16-17)2-4-15-12-10(13)6-9(18(19)20)7-11(12)14/h3,5-7,15H,2,4H2,1H3. The van der Waals surface area contributed by atoms with Crippen molar-refractivity contribution < 1.29 is 4.92 Å². The summed E-state index contributed by atoms with van der Waals surface area (Å²) in [6.45, 7) is 0.578. The van der Waals surface area contributed by atoms with E-state index >= 15 is 0 Å². The van der Waals surface area contributed by atoms with Crippen molar-refractivity contribution in [3.8, 4) is 0 Å². The molecule has 1 N–H and O–H groups in total. The second kappa shape index (κ2) is 6.11. The van der Waals surface area contributed by atoms with Crippen molar-refractivity contribution in [1.82, 2.24) is 9.78 Å². The van der Waals surface area contributed by atoms with E-state index in [0.29, 0.717) is 18.7 Å². The maximum atomic E-state index is 10.7. The zero-order valence-electron chi connectivity index (χ0n) is 10.6. The molecule has 0 aliphatic rings. The minimum atomic E-state index is -0.532. The molecule has 6 nitrogen and oxygen atoms in total. The fraction of sp³-hybridized carbons (Fsp3) is 0.250. The van der Waals surface area contributed by atoms with E-state index in [1.165, 1.54) is 12.1 Å². The molecule has 0 aliphatic heterocycles. The van der Waals surface area contributed by atoms with Crippen LogP contribution in [0.3, 0.4) is 0 Å². The van der Waals surface area contributed by atoms with Crippen LogP contribution in [0.4, 0.5) is 11.4 Å². The molecule has 0 radical (unpaired) electrons. The Labute approximate surface area is 125 Å². The minimum absolute atomic E-state index is 0.129. The molecule has 0 fully saturated rings. The lowest BCUT2D eigenvalue weighted by Gasteiger charge is -2.09. The number of hydrogen-bond acceptors (Lipinski definition) is 4. The highest BCUT2D eigenvalue weighted by molar-refractivity contribution is 6.39. The fourth-order valence-corrected chi connectivity index (χ4v) is 2.36. The van der Waals surface area contributed by atoms with E-state index in [1.54, 1.807) is 4.68 Å². The van der Waals surface area contributed by atoms with Crippen LogP contribution in [0.15, 0.2) is 24.4 Å². The van der Waals surface area contributed by atoms with Gasteiger partial charge in [-0.05, 0) is 6.07 Å². The smallest absolute Gasteiger partial charge is 0.272 e. The first-order chi connectivity index (χ1) is 9.47. The van der Waals surface area contributed by atoms with Crippen molar-refractivity contribution in [3.05, 3.63) is 50.2 Å². The number of nitro benzene ring substituents is 1. The van der Waals surface area contributed by atoms with Gasteiger partial charge in [0.2, 0.25) is 0 Å². The third-order valence-corrected chi connectivity index (χ3v) is 3.29. The summed E-state index contributed by atoms with van der Waals surface area (Å²) < 4.78 is 1.72. The van der Waals surface area contributed by atoms with Crippen LogP contribution in [0, 0.1) is 10.1 Å². The molecule has 1 aromatic carbocycles. The Morgan fingerprint density at radius 1 is 1.40 bits per heavy atom. The first-order valence-electron chi connectivity index (χ1n) is 5.83. The van der Waals surface area contributed by atoms with Gasteiger partial charge in [0.15, 0.2) is 0 Å². The zero-order valence-corrected chi connectivity index (χ0v) is 12.1. The second-order valence-corrected chi connectivity index (χ2v) is 5.01. The Morgan fingerprint density at radius 2 is 2.05 bits per heavy atom. The zero-order chi connectivity index (χ0) is 14.7. The first kappa shape index (κ1) is 14.6. The molecule has 106 valence electrons. The molecule has 0 spiro atoms. The van der Waals surface area contributed by atoms with Gasteiger partial charge in [-0.15, -0.1) is 0 Å². The second-order valence-electron chi connectivity index (χ2n) is 4.20. The summed E-state index contributed by atoms with van der Waals surface area (Å²) in [6, 6.07) is 4.47. The summed E-state index contributed by atoms with van der Waals surface area (Å²) in [4.78, 5) is 10.1. The SMILES string of the molecule is Cn1ccc(CCNc2c(Cl)cc([N+](=O)[O-])cc2Cl)n1. The third-order valence-electron chi connectivity index (χ3n) is 2.69. The number of nitrogens with one attached hydrogen (secondary N) is 1. The number of rotatable bonds is 5. The molecule has 1 aromatic heterocycles. The van der Waals surface area contributed by atoms with Crippen LogP contribution in [-0.4, -0.2) is 21.2 Å². The summed E-state index contributed by atoms with van der Waals surface area (Å²) in [7, 11) is 1.85. The predicted octanol–water partition coefficient (Wildman–Crippen LogP) is 3.29. The molecule has 0 saturated heterocycles. The van der Waals surface area contributed by atoms with Crippen molar-refractivity contribution in [2.45, 2.75) is 6.42 Å². The van der Waals surface area contributed by atoms with Crippen molar-refractivity contribution in [3.63, 3.8) is 0 Å². The Bertz CT molecular complexity index is 619. The molecule has 1 heterocycles. The largest absolute Gasteiger partial charge is 0.382 e. The van der Waals surface area contributed by atoms with Crippen LogP contribution in [0.25, 0.3) is 0 Å². The average Bonchev–Trinajstić information content (AvgIpc) is 2.78. The van der Waals surface area contributed by atoms with Gasteiger partial charge in [-0.25, -0.2) is 0 Å². The van der Waals surface area contributed by atoms with Gasteiger partial charge in [-0.2, -0.15) is 5.10 Å². The molecule has 0 amide bonds. The van der Waals surface area contributed by atoms with Crippen LogP contribution < -0.4 is 5.32 Å². The molecule has 0 saturated carbocycles. The monoisotopic (exact) mass is 314 g/mol. The first-order valence-corrected chi connectivity index (χ1v) is 6.59. The number of halogens is 2. The summed E-state index contributed by atoms with van der Waals surface area (Å²) >= 11 is 12.0. The number of benzene rings is 1. The van der Waals surface area contributed by atoms with E-state index in [0.717, 1.165) is 5.69 Å². The topological polar surface area (TPSA) is 73.0 Å². The fourth-order valence-electron chi connectivity index (χ4n) is 1.75. The van der Waals surface area contributed by atoms with Crippen LogP contribution in [0.2, 0.25) is 10.0 Å². The number of aromatic nitrogens is 2. The maximum absolute atomic E-state index is 10.7. The minimum Gasteiger partial charge on any atom is -0.382 e.